The van der Waals surface area contributed by atoms with Crippen molar-refractivity contribution in [2.75, 3.05) is 5.73 Å². The molecule has 20 heavy (non-hydrogen) atoms. The van der Waals surface area contributed by atoms with E-state index in [0.717, 1.165) is 21.0 Å². The van der Waals surface area contributed by atoms with Crippen molar-refractivity contribution in [2.45, 2.75) is 37.3 Å². The van der Waals surface area contributed by atoms with Gasteiger partial charge in [-0.2, -0.15) is 0 Å². The molecule has 2 N–H and O–H groups in total. The van der Waals surface area contributed by atoms with Crippen molar-refractivity contribution in [3.05, 3.63) is 34.4 Å². The maximum absolute atomic E-state index is 12.5. The summed E-state index contributed by atoms with van der Waals surface area (Å²) in [7, 11) is 0. The van der Waals surface area contributed by atoms with Gasteiger partial charge in [-0.1, -0.05) is 29.2 Å². The van der Waals surface area contributed by atoms with E-state index in [2.05, 4.69) is 23.2 Å². The Hall–Kier alpha value is -1.40. The molecule has 1 aromatic heterocycles. The quantitative estimate of drug-likeness (QED) is 0.692. The van der Waals surface area contributed by atoms with Crippen LogP contribution in [0.4, 0.5) is 5.13 Å². The molecule has 6 heteroatoms. The largest absolute Gasteiger partial charge is 0.374 e. The Labute approximate surface area is 126 Å². The number of anilines is 1. The summed E-state index contributed by atoms with van der Waals surface area (Å²) in [6.07, 6.45) is 0. The SMILES string of the molecule is Cc1cc(C)c(C(=O)C(C)Sc2nnc(N)s2)cc1C. The van der Waals surface area contributed by atoms with Crippen LogP contribution >= 0.6 is 23.1 Å². The van der Waals surface area contributed by atoms with Gasteiger partial charge in [-0.05, 0) is 50.5 Å². The van der Waals surface area contributed by atoms with E-state index in [-0.39, 0.29) is 11.0 Å². The van der Waals surface area contributed by atoms with Crippen molar-refractivity contribution in [1.82, 2.24) is 10.2 Å². The van der Waals surface area contributed by atoms with Gasteiger partial charge < -0.3 is 5.73 Å². The van der Waals surface area contributed by atoms with Gasteiger partial charge >= 0.3 is 0 Å². The lowest BCUT2D eigenvalue weighted by Crippen LogP contribution is -2.15. The highest BCUT2D eigenvalue weighted by Crippen LogP contribution is 2.30. The van der Waals surface area contributed by atoms with Crippen molar-refractivity contribution in [1.29, 1.82) is 0 Å². The predicted octanol–water partition coefficient (Wildman–Crippen LogP) is 3.41. The molecule has 1 unspecified atom stereocenters. The fourth-order valence-corrected chi connectivity index (χ4v) is 3.77. The third-order valence-corrected chi connectivity index (χ3v) is 5.11. The highest BCUT2D eigenvalue weighted by molar-refractivity contribution is 8.02. The van der Waals surface area contributed by atoms with Crippen molar-refractivity contribution in [2.24, 2.45) is 0 Å². The Kier molecular flexibility index (Phi) is 4.45. The first kappa shape index (κ1) is 15.0. The van der Waals surface area contributed by atoms with E-state index >= 15 is 0 Å². The Bertz CT molecular complexity index is 652. The number of nitrogens with zero attached hydrogens (tertiary/aromatic N) is 2. The van der Waals surface area contributed by atoms with Crippen LogP contribution < -0.4 is 5.73 Å². The molecule has 0 saturated carbocycles. The van der Waals surface area contributed by atoms with Gasteiger partial charge in [-0.3, -0.25) is 4.79 Å². The number of carbonyl (C=O) groups excluding carboxylic acids is 1. The monoisotopic (exact) mass is 307 g/mol. The maximum Gasteiger partial charge on any atom is 0.203 e. The van der Waals surface area contributed by atoms with Gasteiger partial charge in [-0.15, -0.1) is 10.2 Å². The van der Waals surface area contributed by atoms with Crippen LogP contribution in [-0.4, -0.2) is 21.2 Å². The molecule has 1 atom stereocenters. The molecule has 4 nitrogen and oxygen atoms in total. The van der Waals surface area contributed by atoms with Crippen LogP contribution in [0.2, 0.25) is 0 Å². The summed E-state index contributed by atoms with van der Waals surface area (Å²) < 4.78 is 0.727. The summed E-state index contributed by atoms with van der Waals surface area (Å²) in [6.45, 7) is 7.94. The second-order valence-electron chi connectivity index (χ2n) is 4.78. The maximum atomic E-state index is 12.5. The second-order valence-corrected chi connectivity index (χ2v) is 7.38. The number of rotatable bonds is 4. The minimum atomic E-state index is -0.205. The van der Waals surface area contributed by atoms with Crippen LogP contribution in [0.1, 0.15) is 34.0 Å². The zero-order valence-electron chi connectivity index (χ0n) is 11.9. The first-order valence-electron chi connectivity index (χ1n) is 6.26. The second kappa shape index (κ2) is 5.93. The zero-order chi connectivity index (χ0) is 14.9. The Morgan fingerprint density at radius 1 is 1.20 bits per heavy atom. The number of nitrogen functional groups attached to an aromatic ring is 1. The molecular weight excluding hydrogens is 290 g/mol. The van der Waals surface area contributed by atoms with E-state index in [1.165, 1.54) is 28.7 Å². The van der Waals surface area contributed by atoms with Gasteiger partial charge in [0, 0.05) is 5.56 Å². The molecule has 0 fully saturated rings. The number of nitrogens with two attached hydrogens (primary N) is 1. The molecule has 2 aromatic rings. The van der Waals surface area contributed by atoms with Crippen molar-refractivity contribution >= 4 is 34.0 Å². The van der Waals surface area contributed by atoms with E-state index in [1.54, 1.807) is 0 Å². The van der Waals surface area contributed by atoms with E-state index in [0.29, 0.717) is 5.13 Å². The Balaban J connectivity index is 2.20. The summed E-state index contributed by atoms with van der Waals surface area (Å²) in [6, 6.07) is 4.03. The van der Waals surface area contributed by atoms with Gasteiger partial charge in [0.2, 0.25) is 5.13 Å². The summed E-state index contributed by atoms with van der Waals surface area (Å²) in [5.41, 5.74) is 9.69. The average Bonchev–Trinajstić information content (AvgIpc) is 2.78. The predicted molar refractivity (Wildman–Crippen MR) is 84.6 cm³/mol. The topological polar surface area (TPSA) is 68.9 Å². The molecule has 106 valence electrons. The van der Waals surface area contributed by atoms with Crippen molar-refractivity contribution in [3.63, 3.8) is 0 Å². The highest BCUT2D eigenvalue weighted by Gasteiger charge is 2.20. The van der Waals surface area contributed by atoms with Crippen LogP contribution in [-0.2, 0) is 0 Å². The molecule has 1 heterocycles. The standard InChI is InChI=1S/C14H17N3OS2/c1-7-5-9(3)11(6-8(7)2)12(18)10(4)19-14-17-16-13(15)20-14/h5-6,10H,1-4H3,(H2,15,16). The lowest BCUT2D eigenvalue weighted by atomic mass is 9.97. The van der Waals surface area contributed by atoms with Crippen LogP contribution in [0.3, 0.4) is 0 Å². The van der Waals surface area contributed by atoms with Crippen molar-refractivity contribution in [3.8, 4) is 0 Å². The number of benzene rings is 1. The zero-order valence-corrected chi connectivity index (χ0v) is 13.6. The lowest BCUT2D eigenvalue weighted by molar-refractivity contribution is 0.0993. The number of hydrogen-bond donors (Lipinski definition) is 1. The van der Waals surface area contributed by atoms with Gasteiger partial charge in [0.05, 0.1) is 5.25 Å². The number of aromatic nitrogens is 2. The minimum absolute atomic E-state index is 0.115. The smallest absolute Gasteiger partial charge is 0.203 e. The van der Waals surface area contributed by atoms with Gasteiger partial charge in [0.15, 0.2) is 10.1 Å². The molecule has 0 aliphatic heterocycles. The first-order valence-corrected chi connectivity index (χ1v) is 7.95. The molecule has 0 amide bonds. The molecule has 0 bridgehead atoms. The fourth-order valence-electron chi connectivity index (χ4n) is 1.92. The van der Waals surface area contributed by atoms with E-state index in [9.17, 15) is 4.79 Å². The minimum Gasteiger partial charge on any atom is -0.374 e. The summed E-state index contributed by atoms with van der Waals surface area (Å²) in [5.74, 6) is 0.115. The fraction of sp³-hybridized carbons (Fsp3) is 0.357. The van der Waals surface area contributed by atoms with Crippen LogP contribution in [0.15, 0.2) is 16.5 Å². The molecule has 0 saturated heterocycles. The van der Waals surface area contributed by atoms with E-state index in [4.69, 9.17) is 5.73 Å². The third-order valence-electron chi connectivity index (χ3n) is 3.18. The molecule has 0 radical (unpaired) electrons. The lowest BCUT2D eigenvalue weighted by Gasteiger charge is -2.12. The van der Waals surface area contributed by atoms with Crippen LogP contribution in [0.25, 0.3) is 0 Å². The molecule has 0 spiro atoms. The Morgan fingerprint density at radius 2 is 1.85 bits per heavy atom. The third kappa shape index (κ3) is 3.19. The number of carbonyl (C=O) groups is 1. The normalized spacial score (nSPS) is 12.4. The summed E-state index contributed by atoms with van der Waals surface area (Å²) in [4.78, 5) is 12.5. The summed E-state index contributed by atoms with van der Waals surface area (Å²) in [5, 5.41) is 7.92. The van der Waals surface area contributed by atoms with Gasteiger partial charge in [-0.25, -0.2) is 0 Å². The molecular formula is C14H17N3OS2. The van der Waals surface area contributed by atoms with Crippen LogP contribution in [0, 0.1) is 20.8 Å². The average molecular weight is 307 g/mol. The number of ketones is 1. The number of thioether (sulfide) groups is 1. The van der Waals surface area contributed by atoms with E-state index in [1.807, 2.05) is 26.8 Å². The van der Waals surface area contributed by atoms with Gasteiger partial charge in [0.25, 0.3) is 0 Å². The molecule has 1 aromatic carbocycles. The Morgan fingerprint density at radius 3 is 2.45 bits per heavy atom. The number of hydrogen-bond acceptors (Lipinski definition) is 6. The van der Waals surface area contributed by atoms with Crippen LogP contribution in [0.5, 0.6) is 0 Å². The summed E-state index contributed by atoms with van der Waals surface area (Å²) >= 11 is 2.71. The van der Waals surface area contributed by atoms with Crippen molar-refractivity contribution < 1.29 is 4.79 Å². The molecule has 0 aliphatic rings. The number of aryl methyl sites for hydroxylation is 3. The molecule has 2 rings (SSSR count). The van der Waals surface area contributed by atoms with Gasteiger partial charge in [0.1, 0.15) is 0 Å². The van der Waals surface area contributed by atoms with E-state index < -0.39 is 0 Å². The number of Topliss-reactive ketones (excluding diaryl/α,β-unsaturated/α-hetero) is 1. The highest BCUT2D eigenvalue weighted by atomic mass is 32.2. The molecule has 0 aliphatic carbocycles. The first-order chi connectivity index (χ1) is 9.38.